The maximum atomic E-state index is 13.6. The van der Waals surface area contributed by atoms with Crippen molar-refractivity contribution in [2.45, 2.75) is 36.4 Å². The number of benzene rings is 4. The van der Waals surface area contributed by atoms with Gasteiger partial charge in [0.1, 0.15) is 11.5 Å². The normalized spacial score (nSPS) is 15.4. The van der Waals surface area contributed by atoms with E-state index in [1.165, 1.54) is 37.4 Å². The van der Waals surface area contributed by atoms with E-state index >= 15 is 0 Å². The number of fused-ring (bicyclic) bond motifs is 2. The molecule has 0 bridgehead atoms. The van der Waals surface area contributed by atoms with Crippen LogP contribution in [0.1, 0.15) is 29.9 Å². The first-order chi connectivity index (χ1) is 18.6. The summed E-state index contributed by atoms with van der Waals surface area (Å²) < 4.78 is 76.4. The second-order valence-corrected chi connectivity index (χ2v) is 10.8. The Balaban J connectivity index is 1.53. The third kappa shape index (κ3) is 5.42. The first-order valence-electron chi connectivity index (χ1n) is 12.2. The Labute approximate surface area is 223 Å². The van der Waals surface area contributed by atoms with Crippen LogP contribution in [0.25, 0.3) is 21.9 Å². The summed E-state index contributed by atoms with van der Waals surface area (Å²) in [5.74, 6) is -1.32. The monoisotopic (exact) mass is 555 g/mol. The standard InChI is InChI=1S/C29H24F3NO5S/c1-37-25-17-16-22(19-12-14-20(15-13-19)38-29(30,31)32)27-23(25)9-5-10-24(27)28(34)33-39(35,36)26-11-4-7-18-6-2-3-8-21(18)26/h2-4,6-8,11-17,24H,5,9-10H2,1H3,(H,33,34). The Bertz CT molecular complexity index is 1650. The van der Waals surface area contributed by atoms with Gasteiger partial charge in [0.25, 0.3) is 10.0 Å². The van der Waals surface area contributed by atoms with Gasteiger partial charge in [-0.2, -0.15) is 0 Å². The van der Waals surface area contributed by atoms with Gasteiger partial charge in [-0.05, 0) is 71.2 Å². The van der Waals surface area contributed by atoms with E-state index in [2.05, 4.69) is 9.46 Å². The first kappa shape index (κ1) is 26.6. The zero-order valence-electron chi connectivity index (χ0n) is 20.8. The number of alkyl halides is 3. The number of carbonyl (C=O) groups is 1. The molecule has 39 heavy (non-hydrogen) atoms. The molecule has 4 aromatic carbocycles. The molecule has 0 saturated heterocycles. The molecule has 10 heteroatoms. The summed E-state index contributed by atoms with van der Waals surface area (Å²) in [4.78, 5) is 13.6. The molecule has 5 rings (SSSR count). The molecule has 1 amide bonds. The van der Waals surface area contributed by atoms with Crippen LogP contribution in [0, 0.1) is 0 Å². The molecule has 1 aliphatic rings. The van der Waals surface area contributed by atoms with E-state index in [0.717, 1.165) is 10.9 Å². The minimum atomic E-state index is -4.82. The Kier molecular flexibility index (Phi) is 6.98. The molecule has 0 heterocycles. The van der Waals surface area contributed by atoms with Crippen LogP contribution in [0.15, 0.2) is 83.8 Å². The summed E-state index contributed by atoms with van der Waals surface area (Å²) in [5, 5.41) is 1.22. The molecule has 202 valence electrons. The van der Waals surface area contributed by atoms with Crippen molar-refractivity contribution < 1.29 is 35.9 Å². The van der Waals surface area contributed by atoms with Crippen LogP contribution >= 0.6 is 0 Å². The fourth-order valence-corrected chi connectivity index (χ4v) is 6.41. The fourth-order valence-electron chi connectivity index (χ4n) is 5.16. The molecular weight excluding hydrogens is 531 g/mol. The number of hydrogen-bond acceptors (Lipinski definition) is 5. The Morgan fingerprint density at radius 3 is 2.38 bits per heavy atom. The lowest BCUT2D eigenvalue weighted by Crippen LogP contribution is -2.36. The maximum absolute atomic E-state index is 13.6. The lowest BCUT2D eigenvalue weighted by Gasteiger charge is -2.29. The van der Waals surface area contributed by atoms with Crippen LogP contribution in [-0.2, 0) is 21.2 Å². The van der Waals surface area contributed by atoms with Crippen LogP contribution in [0.3, 0.4) is 0 Å². The quantitative estimate of drug-likeness (QED) is 0.300. The summed E-state index contributed by atoms with van der Waals surface area (Å²) in [6, 6.07) is 20.6. The van der Waals surface area contributed by atoms with Crippen LogP contribution < -0.4 is 14.2 Å². The number of halogens is 3. The second kappa shape index (κ2) is 10.3. The average molecular weight is 556 g/mol. The van der Waals surface area contributed by atoms with Gasteiger partial charge in [0.15, 0.2) is 0 Å². The number of ether oxygens (including phenoxy) is 2. The van der Waals surface area contributed by atoms with Crippen molar-refractivity contribution in [3.05, 3.63) is 90.0 Å². The third-order valence-corrected chi connectivity index (χ3v) is 8.20. The maximum Gasteiger partial charge on any atom is 0.573 e. The highest BCUT2D eigenvalue weighted by molar-refractivity contribution is 7.90. The number of methoxy groups -OCH3 is 1. The third-order valence-electron chi connectivity index (χ3n) is 6.79. The SMILES string of the molecule is COc1ccc(-c2ccc(OC(F)(F)F)cc2)c2c1CCCC2C(=O)NS(=O)(=O)c1cccc2ccccc12. The number of nitrogens with one attached hydrogen (secondary N) is 1. The Morgan fingerprint density at radius 1 is 0.949 bits per heavy atom. The average Bonchev–Trinajstić information content (AvgIpc) is 2.91. The molecule has 1 unspecified atom stereocenters. The Hall–Kier alpha value is -4.05. The van der Waals surface area contributed by atoms with Crippen molar-refractivity contribution in [3.63, 3.8) is 0 Å². The topological polar surface area (TPSA) is 81.7 Å². The number of sulfonamides is 1. The van der Waals surface area contributed by atoms with Crippen molar-refractivity contribution in [3.8, 4) is 22.6 Å². The zero-order valence-corrected chi connectivity index (χ0v) is 21.6. The number of rotatable bonds is 6. The van der Waals surface area contributed by atoms with Gasteiger partial charge in [0.2, 0.25) is 5.91 Å². The van der Waals surface area contributed by atoms with Gasteiger partial charge in [-0.1, -0.05) is 54.6 Å². The van der Waals surface area contributed by atoms with Crippen molar-refractivity contribution >= 4 is 26.7 Å². The molecular formula is C29H24F3NO5S. The number of carbonyl (C=O) groups excluding carboxylic acids is 1. The van der Waals surface area contributed by atoms with E-state index in [1.54, 1.807) is 48.5 Å². The van der Waals surface area contributed by atoms with E-state index in [1.807, 2.05) is 0 Å². The minimum Gasteiger partial charge on any atom is -0.496 e. The van der Waals surface area contributed by atoms with Crippen molar-refractivity contribution in [1.29, 1.82) is 0 Å². The van der Waals surface area contributed by atoms with Crippen molar-refractivity contribution in [2.75, 3.05) is 7.11 Å². The van der Waals surface area contributed by atoms with E-state index in [9.17, 15) is 26.4 Å². The predicted molar refractivity (Wildman–Crippen MR) is 140 cm³/mol. The van der Waals surface area contributed by atoms with Gasteiger partial charge < -0.3 is 9.47 Å². The zero-order chi connectivity index (χ0) is 27.8. The molecule has 1 N–H and O–H groups in total. The van der Waals surface area contributed by atoms with Crippen LogP contribution in [-0.4, -0.2) is 27.8 Å². The summed E-state index contributed by atoms with van der Waals surface area (Å²) in [6.45, 7) is 0. The number of hydrogen-bond donors (Lipinski definition) is 1. The fraction of sp³-hybridized carbons (Fsp3) is 0.207. The summed E-state index contributed by atoms with van der Waals surface area (Å²) in [7, 11) is -2.70. The Morgan fingerprint density at radius 2 is 1.67 bits per heavy atom. The number of amides is 1. The summed E-state index contributed by atoms with van der Waals surface area (Å²) in [5.41, 5.74) is 2.52. The molecule has 0 fully saturated rings. The van der Waals surface area contributed by atoms with Crippen LogP contribution in [0.5, 0.6) is 11.5 Å². The van der Waals surface area contributed by atoms with E-state index in [-0.39, 0.29) is 10.6 Å². The smallest absolute Gasteiger partial charge is 0.496 e. The lowest BCUT2D eigenvalue weighted by atomic mass is 9.78. The van der Waals surface area contributed by atoms with E-state index in [0.29, 0.717) is 47.1 Å². The van der Waals surface area contributed by atoms with Gasteiger partial charge in [-0.25, -0.2) is 13.1 Å². The van der Waals surface area contributed by atoms with E-state index < -0.39 is 28.2 Å². The highest BCUT2D eigenvalue weighted by atomic mass is 32.2. The lowest BCUT2D eigenvalue weighted by molar-refractivity contribution is -0.274. The molecule has 0 radical (unpaired) electrons. The van der Waals surface area contributed by atoms with E-state index in [4.69, 9.17) is 4.74 Å². The molecule has 4 aromatic rings. The summed E-state index contributed by atoms with van der Waals surface area (Å²) in [6.07, 6.45) is -3.21. The molecule has 1 atom stereocenters. The summed E-state index contributed by atoms with van der Waals surface area (Å²) >= 11 is 0. The van der Waals surface area contributed by atoms with Gasteiger partial charge in [0, 0.05) is 5.39 Å². The van der Waals surface area contributed by atoms with Crippen molar-refractivity contribution in [1.82, 2.24) is 4.72 Å². The minimum absolute atomic E-state index is 0.00361. The molecule has 0 spiro atoms. The first-order valence-corrected chi connectivity index (χ1v) is 13.7. The van der Waals surface area contributed by atoms with Gasteiger partial charge >= 0.3 is 6.36 Å². The molecule has 0 aromatic heterocycles. The molecule has 6 nitrogen and oxygen atoms in total. The highest BCUT2D eigenvalue weighted by Gasteiger charge is 2.34. The largest absolute Gasteiger partial charge is 0.573 e. The second-order valence-electron chi connectivity index (χ2n) is 9.17. The molecule has 0 saturated carbocycles. The molecule has 1 aliphatic carbocycles. The van der Waals surface area contributed by atoms with Crippen molar-refractivity contribution in [2.24, 2.45) is 0 Å². The van der Waals surface area contributed by atoms with Gasteiger partial charge in [0.05, 0.1) is 17.9 Å². The van der Waals surface area contributed by atoms with Crippen LogP contribution in [0.2, 0.25) is 0 Å². The van der Waals surface area contributed by atoms with Crippen LogP contribution in [0.4, 0.5) is 13.2 Å². The highest BCUT2D eigenvalue weighted by Crippen LogP contribution is 2.43. The molecule has 0 aliphatic heterocycles. The van der Waals surface area contributed by atoms with Gasteiger partial charge in [-0.15, -0.1) is 13.2 Å². The predicted octanol–water partition coefficient (Wildman–Crippen LogP) is 6.34. The van der Waals surface area contributed by atoms with Gasteiger partial charge in [-0.3, -0.25) is 4.79 Å².